The molecule has 2 saturated heterocycles. The summed E-state index contributed by atoms with van der Waals surface area (Å²) in [6.07, 6.45) is 5.94. The Morgan fingerprint density at radius 1 is 0.951 bits per heavy atom. The standard InChI is InChI=1S/C46H58N4O9.H4N2/c1-8-42(54)23-28-24-45(40(52)57-6,36-30(15-19-49(25-28)26-42)29-13-10-11-14-33(29)47-36)32-21-31-34(22-35(32)56-5)48(4)38-44(31)17-20-50-18-12-16-43(9-2,37(44)50)39(59-27(3)51)46(38,55)41(53)58-7;1-2/h10-14,16,21-22,28,37-39,47,54-55H,8-9,15,17-20,23-26H2,1-7H3;1-2H2/t28-,37-,38+,39+,42-,43+,44+,45-,46-;/m0./s1. The third kappa shape index (κ3) is 5.80. The molecular weight excluding hydrogens is 781 g/mol. The normalized spacial score (nSPS) is 35.9. The molecule has 0 amide bonds. The van der Waals surface area contributed by atoms with E-state index >= 15 is 4.79 Å². The van der Waals surface area contributed by atoms with Crippen LogP contribution in [0.3, 0.4) is 0 Å². The van der Waals surface area contributed by atoms with Gasteiger partial charge in [-0.05, 0) is 74.2 Å². The number of aliphatic hydroxyl groups is 2. The first kappa shape index (κ1) is 43.2. The van der Waals surface area contributed by atoms with Crippen molar-refractivity contribution in [3.05, 3.63) is 70.9 Å². The van der Waals surface area contributed by atoms with Crippen LogP contribution in [0.4, 0.5) is 5.69 Å². The average Bonchev–Trinajstić information content (AvgIpc) is 3.93. The van der Waals surface area contributed by atoms with E-state index in [1.807, 2.05) is 50.1 Å². The number of aromatic amines is 1. The maximum Gasteiger partial charge on any atom is 0.344 e. The Bertz CT molecular complexity index is 2260. The van der Waals surface area contributed by atoms with E-state index in [9.17, 15) is 19.8 Å². The zero-order chi connectivity index (χ0) is 43.9. The lowest BCUT2D eigenvalue weighted by molar-refractivity contribution is -0.228. The molecule has 15 heteroatoms. The highest BCUT2D eigenvalue weighted by Crippen LogP contribution is 2.68. The number of hydrogen-bond acceptors (Lipinski definition) is 14. The lowest BCUT2D eigenvalue weighted by atomic mass is 9.47. The van der Waals surface area contributed by atoms with Crippen molar-refractivity contribution in [2.75, 3.05) is 66.0 Å². The summed E-state index contributed by atoms with van der Waals surface area (Å²) in [6.45, 7) is 8.62. The van der Waals surface area contributed by atoms with Crippen molar-refractivity contribution in [3.63, 3.8) is 0 Å². The summed E-state index contributed by atoms with van der Waals surface area (Å²) in [6, 6.07) is 11.0. The highest BCUT2D eigenvalue weighted by molar-refractivity contribution is 5.95. The van der Waals surface area contributed by atoms with Crippen LogP contribution in [0.25, 0.3) is 10.9 Å². The first-order valence-electron chi connectivity index (χ1n) is 21.5. The van der Waals surface area contributed by atoms with Crippen molar-refractivity contribution in [2.24, 2.45) is 23.0 Å². The van der Waals surface area contributed by atoms with Gasteiger partial charge in [-0.2, -0.15) is 0 Å². The second-order valence-electron chi connectivity index (χ2n) is 18.2. The first-order chi connectivity index (χ1) is 29.2. The fourth-order valence-electron chi connectivity index (χ4n) is 13.5. The topological polar surface area (TPSA) is 206 Å². The number of rotatable bonds is 7. The van der Waals surface area contributed by atoms with E-state index in [2.05, 4.69) is 50.8 Å². The molecule has 330 valence electrons. The maximum atomic E-state index is 15.3. The number of aromatic nitrogens is 1. The number of nitrogens with two attached hydrogens (primary N) is 2. The summed E-state index contributed by atoms with van der Waals surface area (Å²) in [4.78, 5) is 53.2. The van der Waals surface area contributed by atoms with E-state index in [0.717, 1.165) is 33.4 Å². The Morgan fingerprint density at radius 3 is 2.36 bits per heavy atom. The lowest BCUT2D eigenvalue weighted by Gasteiger charge is -2.63. The molecule has 1 unspecified atom stereocenters. The Labute approximate surface area is 357 Å². The number of ether oxygens (including phenoxy) is 4. The van der Waals surface area contributed by atoms with Gasteiger partial charge in [-0.1, -0.05) is 44.2 Å². The number of hydrazine groups is 1. The lowest BCUT2D eigenvalue weighted by Crippen LogP contribution is -2.81. The quantitative estimate of drug-likeness (QED) is 0.0763. The van der Waals surface area contributed by atoms with Gasteiger partial charge in [0.15, 0.2) is 6.10 Å². The minimum absolute atomic E-state index is 0.0986. The van der Waals surface area contributed by atoms with E-state index in [1.165, 1.54) is 21.1 Å². The maximum absolute atomic E-state index is 15.3. The number of hydrogen-bond donors (Lipinski definition) is 5. The number of methoxy groups -OCH3 is 3. The smallest absolute Gasteiger partial charge is 0.344 e. The molecule has 2 aromatic carbocycles. The summed E-state index contributed by atoms with van der Waals surface area (Å²) < 4.78 is 23.9. The molecule has 61 heavy (non-hydrogen) atoms. The van der Waals surface area contributed by atoms with Crippen molar-refractivity contribution in [3.8, 4) is 5.75 Å². The Balaban J connectivity index is 0.00000253. The Morgan fingerprint density at radius 2 is 1.69 bits per heavy atom. The van der Waals surface area contributed by atoms with Crippen LogP contribution < -0.4 is 21.3 Å². The van der Waals surface area contributed by atoms with Gasteiger partial charge in [0.25, 0.3) is 0 Å². The predicted octanol–water partition coefficient (Wildman–Crippen LogP) is 2.81. The fraction of sp³-hybridized carbons (Fsp3) is 0.587. The number of nitrogens with one attached hydrogen (secondary N) is 1. The van der Waals surface area contributed by atoms with Crippen LogP contribution in [0.15, 0.2) is 48.6 Å². The van der Waals surface area contributed by atoms with Crippen LogP contribution in [0.1, 0.15) is 75.3 Å². The molecule has 1 aromatic heterocycles. The average molecular weight is 843 g/mol. The van der Waals surface area contributed by atoms with Crippen LogP contribution in [-0.4, -0.2) is 133 Å². The van der Waals surface area contributed by atoms with Gasteiger partial charge in [-0.15, -0.1) is 0 Å². The number of carbonyl (C=O) groups excluding carboxylic acids is 3. The van der Waals surface area contributed by atoms with Crippen molar-refractivity contribution >= 4 is 34.5 Å². The monoisotopic (exact) mass is 842 g/mol. The van der Waals surface area contributed by atoms with Gasteiger partial charge in [-0.25, -0.2) is 4.79 Å². The van der Waals surface area contributed by atoms with Crippen molar-refractivity contribution in [1.29, 1.82) is 0 Å². The summed E-state index contributed by atoms with van der Waals surface area (Å²) >= 11 is 0. The second-order valence-corrected chi connectivity index (χ2v) is 18.2. The van der Waals surface area contributed by atoms with E-state index in [1.54, 1.807) is 7.11 Å². The first-order valence-corrected chi connectivity index (χ1v) is 21.5. The van der Waals surface area contributed by atoms with E-state index in [4.69, 9.17) is 18.9 Å². The molecule has 1 spiro atoms. The Hall–Kier alpha value is -4.51. The molecule has 0 radical (unpaired) electrons. The SMILES string of the molecule is CC[C@]1(O)C[C@@H]2CN(CCc3c([nH]c4ccccc34)[C@@](C(=O)OC)(c3cc4c(cc3OC)N(C)[C@H]3[C@@](O)(C(=O)OC)[C@H](OC(C)=O)[C@]5(CC)C=CCN6CC[C@]43[C@@H]65)C2)C1.NN. The molecule has 6 aliphatic rings. The largest absolute Gasteiger partial charge is 0.496 e. The van der Waals surface area contributed by atoms with Crippen molar-refractivity contribution in [2.45, 2.75) is 99.5 Å². The zero-order valence-corrected chi connectivity index (χ0v) is 36.5. The van der Waals surface area contributed by atoms with Gasteiger partial charge in [0, 0.05) is 90.9 Å². The number of benzene rings is 2. The molecule has 2 bridgehead atoms. The minimum atomic E-state index is -2.30. The molecule has 7 N–H and O–H groups in total. The number of H-pyrrole nitrogens is 1. The van der Waals surface area contributed by atoms with E-state index in [0.29, 0.717) is 82.6 Å². The number of piperidine rings is 1. The predicted molar refractivity (Wildman–Crippen MR) is 229 cm³/mol. The number of esters is 3. The van der Waals surface area contributed by atoms with Crippen LogP contribution in [-0.2, 0) is 45.8 Å². The van der Waals surface area contributed by atoms with Gasteiger partial charge in [-0.3, -0.25) is 31.1 Å². The van der Waals surface area contributed by atoms with Crippen LogP contribution in [0.2, 0.25) is 0 Å². The molecule has 1 aliphatic carbocycles. The molecule has 3 fully saturated rings. The van der Waals surface area contributed by atoms with Gasteiger partial charge < -0.3 is 39.0 Å². The number of anilines is 1. The van der Waals surface area contributed by atoms with Gasteiger partial charge >= 0.3 is 17.9 Å². The highest BCUT2D eigenvalue weighted by Gasteiger charge is 2.80. The molecular formula is C46H62N6O9. The Kier molecular flexibility index (Phi) is 10.9. The molecule has 1 saturated carbocycles. The van der Waals surface area contributed by atoms with Crippen molar-refractivity contribution < 1.29 is 43.5 Å². The summed E-state index contributed by atoms with van der Waals surface area (Å²) in [7, 11) is 6.15. The van der Waals surface area contributed by atoms with Gasteiger partial charge in [0.2, 0.25) is 5.60 Å². The van der Waals surface area contributed by atoms with E-state index < -0.39 is 57.5 Å². The number of carbonyl (C=O) groups is 3. The molecule has 3 aromatic rings. The fourth-order valence-corrected chi connectivity index (χ4v) is 13.5. The van der Waals surface area contributed by atoms with Gasteiger partial charge in [0.1, 0.15) is 11.2 Å². The summed E-state index contributed by atoms with van der Waals surface area (Å²) in [5, 5.41) is 26.3. The van der Waals surface area contributed by atoms with E-state index in [-0.39, 0.29) is 12.0 Å². The zero-order valence-electron chi connectivity index (χ0n) is 36.5. The van der Waals surface area contributed by atoms with Crippen LogP contribution >= 0.6 is 0 Å². The number of para-hydroxylation sites is 1. The molecule has 10 atom stereocenters. The summed E-state index contributed by atoms with van der Waals surface area (Å²) in [5.74, 6) is 6.44. The van der Waals surface area contributed by atoms with Gasteiger partial charge in [0.05, 0.1) is 33.0 Å². The molecule has 9 rings (SSSR count). The number of likely N-dealkylation sites (N-methyl/N-ethyl adjacent to an activating group) is 1. The molecule has 5 aliphatic heterocycles. The van der Waals surface area contributed by atoms with Crippen LogP contribution in [0, 0.1) is 11.3 Å². The highest BCUT2D eigenvalue weighted by atomic mass is 16.6. The van der Waals surface area contributed by atoms with Crippen molar-refractivity contribution in [1.82, 2.24) is 14.8 Å². The molecule has 15 nitrogen and oxygen atoms in total. The number of fused-ring (bicyclic) bond motifs is 6. The summed E-state index contributed by atoms with van der Waals surface area (Å²) in [5.41, 5.74) is -1.62. The molecule has 6 heterocycles. The second kappa shape index (κ2) is 15.4. The number of nitrogens with zero attached hydrogens (tertiary/aromatic N) is 3. The minimum Gasteiger partial charge on any atom is -0.496 e. The van der Waals surface area contributed by atoms with Crippen LogP contribution in [0.5, 0.6) is 5.75 Å². The third-order valence-corrected chi connectivity index (χ3v) is 15.6. The third-order valence-electron chi connectivity index (χ3n) is 15.6.